The van der Waals surface area contributed by atoms with Crippen molar-refractivity contribution in [2.75, 3.05) is 19.6 Å². The van der Waals surface area contributed by atoms with Crippen LogP contribution in [0.25, 0.3) is 0 Å². The van der Waals surface area contributed by atoms with Crippen LogP contribution in [0.1, 0.15) is 43.7 Å². The van der Waals surface area contributed by atoms with Crippen LogP contribution >= 0.6 is 0 Å². The van der Waals surface area contributed by atoms with Crippen molar-refractivity contribution in [3.05, 3.63) is 35.4 Å². The van der Waals surface area contributed by atoms with E-state index in [4.69, 9.17) is 0 Å². The van der Waals surface area contributed by atoms with Gasteiger partial charge < -0.3 is 16.0 Å². The predicted molar refractivity (Wildman–Crippen MR) is 98.4 cm³/mol. The average molecular weight is 343 g/mol. The van der Waals surface area contributed by atoms with Crippen LogP contribution in [0, 0.1) is 17.8 Å². The Morgan fingerprint density at radius 1 is 1.12 bits per heavy atom. The van der Waals surface area contributed by atoms with Crippen LogP contribution in [0.3, 0.4) is 0 Å². The van der Waals surface area contributed by atoms with E-state index in [1.54, 1.807) is 0 Å². The van der Waals surface area contributed by atoms with Gasteiger partial charge in [-0.25, -0.2) is 4.79 Å². The molecule has 2 aliphatic carbocycles. The van der Waals surface area contributed by atoms with Gasteiger partial charge in [-0.3, -0.25) is 4.79 Å². The van der Waals surface area contributed by atoms with Gasteiger partial charge in [-0.2, -0.15) is 0 Å². The first-order valence-corrected chi connectivity index (χ1v) is 9.45. The van der Waals surface area contributed by atoms with E-state index in [1.807, 2.05) is 13.8 Å². The zero-order chi connectivity index (χ0) is 17.8. The molecule has 2 aliphatic rings. The van der Waals surface area contributed by atoms with E-state index in [2.05, 4.69) is 40.2 Å². The maximum atomic E-state index is 11.9. The first kappa shape index (κ1) is 17.8. The summed E-state index contributed by atoms with van der Waals surface area (Å²) in [5, 5.41) is 8.73. The number of amides is 3. The summed E-state index contributed by atoms with van der Waals surface area (Å²) in [5.41, 5.74) is 2.98. The number of nitrogens with one attached hydrogen (secondary N) is 3. The topological polar surface area (TPSA) is 70.2 Å². The minimum atomic E-state index is -0.105. The van der Waals surface area contributed by atoms with Crippen molar-refractivity contribution in [2.24, 2.45) is 17.8 Å². The third-order valence-corrected chi connectivity index (χ3v) is 5.45. The number of carbonyl (C=O) groups excluding carboxylic acids is 2. The summed E-state index contributed by atoms with van der Waals surface area (Å²) in [4.78, 5) is 23.3. The lowest BCUT2D eigenvalue weighted by molar-refractivity contribution is -0.123. The molecular formula is C20H29N3O2. The Hall–Kier alpha value is -2.04. The summed E-state index contributed by atoms with van der Waals surface area (Å²) in [6.45, 7) is 5.66. The van der Waals surface area contributed by atoms with Crippen LogP contribution in [-0.4, -0.2) is 31.6 Å². The largest absolute Gasteiger partial charge is 0.356 e. The van der Waals surface area contributed by atoms with Gasteiger partial charge >= 0.3 is 6.03 Å². The third-order valence-electron chi connectivity index (χ3n) is 5.45. The minimum absolute atomic E-state index is 0.00321. The maximum Gasteiger partial charge on any atom is 0.314 e. The van der Waals surface area contributed by atoms with E-state index in [0.717, 1.165) is 18.9 Å². The van der Waals surface area contributed by atoms with Gasteiger partial charge in [0.1, 0.15) is 0 Å². The van der Waals surface area contributed by atoms with Crippen molar-refractivity contribution in [1.82, 2.24) is 16.0 Å². The molecule has 3 amide bonds. The van der Waals surface area contributed by atoms with E-state index in [-0.39, 0.29) is 17.9 Å². The molecule has 0 aromatic heterocycles. The molecule has 25 heavy (non-hydrogen) atoms. The highest BCUT2D eigenvalue weighted by Gasteiger charge is 2.52. The highest BCUT2D eigenvalue weighted by Crippen LogP contribution is 2.59. The first-order valence-electron chi connectivity index (χ1n) is 9.45. The molecule has 0 unspecified atom stereocenters. The third kappa shape index (κ3) is 4.33. The van der Waals surface area contributed by atoms with Crippen LogP contribution in [0.15, 0.2) is 24.3 Å². The number of urea groups is 1. The number of hydrogen-bond acceptors (Lipinski definition) is 2. The molecule has 0 aliphatic heterocycles. The van der Waals surface area contributed by atoms with Crippen LogP contribution in [-0.2, 0) is 11.2 Å². The molecule has 0 heterocycles. The van der Waals surface area contributed by atoms with Gasteiger partial charge in [0, 0.05) is 25.6 Å². The SMILES string of the molecule is CC(C)C(=O)NCCCNC(=O)NC[C@@H]1[C@@H]2CCc3ccccc3[C@H]12. The second-order valence-electron chi connectivity index (χ2n) is 7.53. The van der Waals surface area contributed by atoms with Crippen LogP contribution in [0.2, 0.25) is 0 Å². The van der Waals surface area contributed by atoms with Crippen molar-refractivity contribution in [3.63, 3.8) is 0 Å². The standard InChI is InChI=1S/C20H29N3O2/c1-13(2)19(24)21-10-5-11-22-20(25)23-12-17-16-9-8-14-6-3-4-7-15(14)18(16)17/h3-4,6-7,13,16-18H,5,8-12H2,1-2H3,(H,21,24)(H2,22,23,25)/t16-,17+,18-/m0/s1. The van der Waals surface area contributed by atoms with Gasteiger partial charge in [0.15, 0.2) is 0 Å². The van der Waals surface area contributed by atoms with E-state index in [9.17, 15) is 9.59 Å². The van der Waals surface area contributed by atoms with Gasteiger partial charge in [-0.1, -0.05) is 38.1 Å². The molecule has 0 radical (unpaired) electrons. The average Bonchev–Trinajstić information content (AvgIpc) is 3.33. The molecule has 3 N–H and O–H groups in total. The summed E-state index contributed by atoms with van der Waals surface area (Å²) in [6, 6.07) is 8.62. The van der Waals surface area contributed by atoms with E-state index >= 15 is 0 Å². The highest BCUT2D eigenvalue weighted by atomic mass is 16.2. The van der Waals surface area contributed by atoms with Crippen molar-refractivity contribution < 1.29 is 9.59 Å². The van der Waals surface area contributed by atoms with Gasteiger partial charge in [0.05, 0.1) is 0 Å². The molecule has 3 rings (SSSR count). The summed E-state index contributed by atoms with van der Waals surface area (Å²) in [7, 11) is 0. The van der Waals surface area contributed by atoms with Crippen LogP contribution < -0.4 is 16.0 Å². The quantitative estimate of drug-likeness (QED) is 0.666. The molecule has 1 aromatic carbocycles. The first-order chi connectivity index (χ1) is 12.1. The number of benzene rings is 1. The fourth-order valence-corrected chi connectivity index (χ4v) is 3.97. The number of carbonyl (C=O) groups is 2. The van der Waals surface area contributed by atoms with Crippen LogP contribution in [0.4, 0.5) is 4.79 Å². The fourth-order valence-electron chi connectivity index (χ4n) is 3.97. The summed E-state index contributed by atoms with van der Waals surface area (Å²) in [6.07, 6.45) is 3.15. The van der Waals surface area contributed by atoms with E-state index in [1.165, 1.54) is 24.0 Å². The molecule has 1 fully saturated rings. The van der Waals surface area contributed by atoms with E-state index in [0.29, 0.717) is 24.9 Å². The lowest BCUT2D eigenvalue weighted by Gasteiger charge is -2.13. The normalized spacial score (nSPS) is 23.4. The molecule has 0 spiro atoms. The highest BCUT2D eigenvalue weighted by molar-refractivity contribution is 5.77. The molecular weight excluding hydrogens is 314 g/mol. The van der Waals surface area contributed by atoms with Crippen LogP contribution in [0.5, 0.6) is 0 Å². The zero-order valence-corrected chi connectivity index (χ0v) is 15.2. The molecule has 3 atom stereocenters. The van der Waals surface area contributed by atoms with E-state index < -0.39 is 0 Å². The van der Waals surface area contributed by atoms with Crippen molar-refractivity contribution in [2.45, 2.75) is 39.0 Å². The lowest BCUT2D eigenvalue weighted by Crippen LogP contribution is -2.38. The van der Waals surface area contributed by atoms with Crippen molar-refractivity contribution in [1.29, 1.82) is 0 Å². The molecule has 1 saturated carbocycles. The number of hydrogen-bond donors (Lipinski definition) is 3. The second kappa shape index (κ2) is 7.89. The van der Waals surface area contributed by atoms with Gasteiger partial charge in [-0.15, -0.1) is 0 Å². The van der Waals surface area contributed by atoms with Gasteiger partial charge in [0.25, 0.3) is 0 Å². The van der Waals surface area contributed by atoms with Crippen molar-refractivity contribution >= 4 is 11.9 Å². The molecule has 0 saturated heterocycles. The molecule has 1 aromatic rings. The summed E-state index contributed by atoms with van der Waals surface area (Å²) < 4.78 is 0. The van der Waals surface area contributed by atoms with Gasteiger partial charge in [-0.05, 0) is 48.1 Å². The zero-order valence-electron chi connectivity index (χ0n) is 15.2. The summed E-state index contributed by atoms with van der Waals surface area (Å²) in [5.74, 6) is 2.02. The second-order valence-corrected chi connectivity index (χ2v) is 7.53. The predicted octanol–water partition coefficient (Wildman–Crippen LogP) is 2.42. The maximum absolute atomic E-state index is 11.9. The Morgan fingerprint density at radius 3 is 2.68 bits per heavy atom. The fraction of sp³-hybridized carbons (Fsp3) is 0.600. The Morgan fingerprint density at radius 2 is 1.88 bits per heavy atom. The number of fused-ring (bicyclic) bond motifs is 3. The van der Waals surface area contributed by atoms with Crippen molar-refractivity contribution in [3.8, 4) is 0 Å². The van der Waals surface area contributed by atoms with Gasteiger partial charge in [0.2, 0.25) is 5.91 Å². The molecule has 5 heteroatoms. The minimum Gasteiger partial charge on any atom is -0.356 e. The Bertz CT molecular complexity index is 629. The Kier molecular flexibility index (Phi) is 5.61. The smallest absolute Gasteiger partial charge is 0.314 e. The molecule has 5 nitrogen and oxygen atoms in total. The molecule has 0 bridgehead atoms. The Labute approximate surface area is 150 Å². The molecule has 136 valence electrons. The number of aryl methyl sites for hydroxylation is 1. The monoisotopic (exact) mass is 343 g/mol. The number of rotatable bonds is 7. The lowest BCUT2D eigenvalue weighted by atomic mass is 9.92. The summed E-state index contributed by atoms with van der Waals surface area (Å²) >= 11 is 0. The Balaban J connectivity index is 1.31.